The van der Waals surface area contributed by atoms with Crippen molar-refractivity contribution in [3.05, 3.63) is 104 Å². The van der Waals surface area contributed by atoms with Gasteiger partial charge < -0.3 is 24.5 Å². The number of benzene rings is 2. The van der Waals surface area contributed by atoms with Crippen molar-refractivity contribution in [2.75, 3.05) is 7.11 Å². The maximum atomic E-state index is 13.6. The van der Waals surface area contributed by atoms with Crippen molar-refractivity contribution in [3.63, 3.8) is 0 Å². The number of hydrogen-bond donors (Lipinski definition) is 3. The molecule has 0 aliphatic rings. The summed E-state index contributed by atoms with van der Waals surface area (Å²) < 4.78 is 6.35. The number of rotatable bonds is 7. The van der Waals surface area contributed by atoms with Crippen LogP contribution in [0.15, 0.2) is 70.3 Å². The third-order valence-corrected chi connectivity index (χ3v) is 6.19. The van der Waals surface area contributed by atoms with Crippen LogP contribution in [0.1, 0.15) is 34.7 Å². The molecule has 0 aliphatic carbocycles. The number of H-pyrrole nitrogens is 1. The number of nitrogens with one attached hydrogen (secondary N) is 1. The number of esters is 1. The molecule has 2 heterocycles. The largest absolute Gasteiger partial charge is 0.508 e. The van der Waals surface area contributed by atoms with Gasteiger partial charge in [0.25, 0.3) is 11.1 Å². The molecule has 3 N–H and O–H groups in total. The van der Waals surface area contributed by atoms with Crippen LogP contribution in [0.5, 0.6) is 11.5 Å². The number of fused-ring (bicyclic) bond motifs is 1. The summed E-state index contributed by atoms with van der Waals surface area (Å²) in [5, 5.41) is 21.1. The molecule has 0 bridgehead atoms. The molecular formula is C27H26N2O6. The fraction of sp³-hybridized carbons (Fsp3) is 0.222. The van der Waals surface area contributed by atoms with Crippen molar-refractivity contribution >= 4 is 16.9 Å². The highest BCUT2D eigenvalue weighted by Gasteiger charge is 2.28. The van der Waals surface area contributed by atoms with Crippen molar-refractivity contribution < 1.29 is 19.7 Å². The molecule has 0 radical (unpaired) electrons. The minimum Gasteiger partial charge on any atom is -0.508 e. The monoisotopic (exact) mass is 474 g/mol. The Kier molecular flexibility index (Phi) is 6.73. The van der Waals surface area contributed by atoms with Crippen LogP contribution in [0, 0.1) is 6.92 Å². The van der Waals surface area contributed by atoms with Gasteiger partial charge in [-0.05, 0) is 54.6 Å². The molecule has 0 saturated heterocycles. The van der Waals surface area contributed by atoms with Crippen LogP contribution in [0.2, 0.25) is 0 Å². The van der Waals surface area contributed by atoms with Crippen LogP contribution in [-0.4, -0.2) is 32.8 Å². The van der Waals surface area contributed by atoms with Gasteiger partial charge in [0, 0.05) is 29.2 Å². The molecule has 0 fully saturated rings. The third kappa shape index (κ3) is 4.96. The zero-order valence-electron chi connectivity index (χ0n) is 19.4. The summed E-state index contributed by atoms with van der Waals surface area (Å²) in [6.07, 6.45) is 0.214. The highest BCUT2D eigenvalue weighted by Crippen LogP contribution is 2.32. The van der Waals surface area contributed by atoms with Gasteiger partial charge >= 0.3 is 5.97 Å². The van der Waals surface area contributed by atoms with E-state index in [9.17, 15) is 24.6 Å². The van der Waals surface area contributed by atoms with Crippen LogP contribution in [0.4, 0.5) is 0 Å². The Labute approximate surface area is 201 Å². The van der Waals surface area contributed by atoms with Gasteiger partial charge in [0.15, 0.2) is 0 Å². The lowest BCUT2D eigenvalue weighted by Crippen LogP contribution is -2.31. The lowest BCUT2D eigenvalue weighted by Gasteiger charge is -2.20. The lowest BCUT2D eigenvalue weighted by atomic mass is 9.88. The van der Waals surface area contributed by atoms with Crippen molar-refractivity contribution in [1.82, 2.24) is 9.55 Å². The molecule has 0 aliphatic heterocycles. The number of aromatic hydroxyl groups is 2. The number of aryl methyl sites for hydroxylation is 2. The van der Waals surface area contributed by atoms with Crippen molar-refractivity contribution in [2.45, 2.75) is 32.2 Å². The predicted molar refractivity (Wildman–Crippen MR) is 132 cm³/mol. The number of phenolic OH excluding ortho intramolecular Hbond substituents is 1. The molecule has 4 aromatic rings. The van der Waals surface area contributed by atoms with Gasteiger partial charge in [-0.25, -0.2) is 0 Å². The second-order valence-electron chi connectivity index (χ2n) is 8.43. The summed E-state index contributed by atoms with van der Waals surface area (Å²) in [5.41, 5.74) is 1.30. The molecular weight excluding hydrogens is 448 g/mol. The minimum atomic E-state index is -1.01. The minimum absolute atomic E-state index is 0.0347. The van der Waals surface area contributed by atoms with Crippen molar-refractivity contribution in [2.24, 2.45) is 0 Å². The molecule has 0 amide bonds. The lowest BCUT2D eigenvalue weighted by molar-refractivity contribution is -0.140. The zero-order valence-corrected chi connectivity index (χ0v) is 19.4. The first-order valence-corrected chi connectivity index (χ1v) is 11.2. The molecule has 35 heavy (non-hydrogen) atoms. The molecule has 0 saturated carbocycles. The number of methoxy groups -OCH3 is 1. The van der Waals surface area contributed by atoms with Crippen LogP contribution < -0.4 is 11.1 Å². The van der Waals surface area contributed by atoms with Gasteiger partial charge in [0.05, 0.1) is 19.1 Å². The van der Waals surface area contributed by atoms with E-state index in [4.69, 9.17) is 4.74 Å². The van der Waals surface area contributed by atoms with Gasteiger partial charge in [-0.2, -0.15) is 0 Å². The van der Waals surface area contributed by atoms with E-state index in [1.165, 1.54) is 17.7 Å². The number of phenols is 1. The van der Waals surface area contributed by atoms with Gasteiger partial charge in [0.2, 0.25) is 0 Å². The number of para-hydroxylation sites is 1. The fourth-order valence-electron chi connectivity index (χ4n) is 4.32. The Bertz CT molecular complexity index is 1500. The first kappa shape index (κ1) is 23.8. The van der Waals surface area contributed by atoms with Crippen molar-refractivity contribution in [1.29, 1.82) is 0 Å². The molecule has 4 rings (SSSR count). The van der Waals surface area contributed by atoms with E-state index in [1.54, 1.807) is 49.4 Å². The Morgan fingerprint density at radius 2 is 1.77 bits per heavy atom. The van der Waals surface area contributed by atoms with E-state index in [0.717, 1.165) is 10.9 Å². The smallest absolute Gasteiger partial charge is 0.306 e. The summed E-state index contributed by atoms with van der Waals surface area (Å²) in [6, 6.07) is 17.0. The number of pyridine rings is 2. The summed E-state index contributed by atoms with van der Waals surface area (Å²) in [7, 11) is 1.23. The second-order valence-corrected chi connectivity index (χ2v) is 8.43. The number of hydrogen-bond acceptors (Lipinski definition) is 6. The highest BCUT2D eigenvalue weighted by atomic mass is 16.5. The average Bonchev–Trinajstić information content (AvgIpc) is 2.83. The fourth-order valence-corrected chi connectivity index (χ4v) is 4.32. The summed E-state index contributed by atoms with van der Waals surface area (Å²) in [4.78, 5) is 41.8. The number of aromatic nitrogens is 2. The van der Waals surface area contributed by atoms with Crippen LogP contribution in [0.3, 0.4) is 0 Å². The quantitative estimate of drug-likeness (QED) is 0.353. The van der Waals surface area contributed by atoms with E-state index >= 15 is 0 Å². The molecule has 0 spiro atoms. The molecule has 2 aromatic carbocycles. The maximum Gasteiger partial charge on any atom is 0.306 e. The normalized spacial score (nSPS) is 11.9. The van der Waals surface area contributed by atoms with E-state index in [-0.39, 0.29) is 29.0 Å². The van der Waals surface area contributed by atoms with Crippen LogP contribution in [0.25, 0.3) is 10.9 Å². The Balaban J connectivity index is 1.83. The van der Waals surface area contributed by atoms with Gasteiger partial charge in [-0.1, -0.05) is 30.3 Å². The molecule has 1 atom stereocenters. The third-order valence-electron chi connectivity index (χ3n) is 6.19. The van der Waals surface area contributed by atoms with E-state index in [2.05, 4.69) is 4.98 Å². The summed E-state index contributed by atoms with van der Waals surface area (Å²) >= 11 is 0. The average molecular weight is 475 g/mol. The Hall–Kier alpha value is -4.33. The van der Waals surface area contributed by atoms with E-state index in [0.29, 0.717) is 24.2 Å². The van der Waals surface area contributed by atoms with Crippen LogP contribution in [-0.2, 0) is 22.5 Å². The number of ether oxygens (including phenoxy) is 1. The topological polar surface area (TPSA) is 122 Å². The molecule has 8 nitrogen and oxygen atoms in total. The van der Waals surface area contributed by atoms with E-state index < -0.39 is 23.0 Å². The highest BCUT2D eigenvalue weighted by molar-refractivity contribution is 5.79. The zero-order chi connectivity index (χ0) is 25.1. The molecule has 2 aromatic heterocycles. The summed E-state index contributed by atoms with van der Waals surface area (Å²) in [6.45, 7) is 2.02. The molecule has 1 unspecified atom stereocenters. The first-order chi connectivity index (χ1) is 16.8. The van der Waals surface area contributed by atoms with E-state index in [1.807, 2.05) is 12.1 Å². The number of aromatic amines is 1. The number of carbonyl (C=O) groups is 1. The number of nitrogens with zero attached hydrogens (tertiary/aromatic N) is 1. The second kappa shape index (κ2) is 9.89. The van der Waals surface area contributed by atoms with Gasteiger partial charge in [0.1, 0.15) is 11.5 Å². The van der Waals surface area contributed by atoms with Crippen LogP contribution >= 0.6 is 0 Å². The predicted octanol–water partition coefficient (Wildman–Crippen LogP) is 3.35. The molecule has 180 valence electrons. The van der Waals surface area contributed by atoms with Gasteiger partial charge in [-0.15, -0.1) is 0 Å². The maximum absolute atomic E-state index is 13.6. The Morgan fingerprint density at radius 3 is 2.49 bits per heavy atom. The standard InChI is InChI=1S/C27H26N2O6/c1-16-13-23(31)25(27(34)29(16)12-11-17-7-9-19(30)10-8-17)20(15-24(32)35-2)21-14-18-5-3-4-6-22(18)28-26(21)33/h3-10,13-14,20,30-31H,11-12,15H2,1-2H3,(H,28,33). The SMILES string of the molecule is COC(=O)CC(c1cc2ccccc2[nH]c1=O)c1c(O)cc(C)n(CCc2ccc(O)cc2)c1=O. The first-order valence-electron chi connectivity index (χ1n) is 11.2. The van der Waals surface area contributed by atoms with Crippen molar-refractivity contribution in [3.8, 4) is 11.5 Å². The Morgan fingerprint density at radius 1 is 1.06 bits per heavy atom. The van der Waals surface area contributed by atoms with Gasteiger partial charge in [-0.3, -0.25) is 14.4 Å². The number of carbonyl (C=O) groups excluding carboxylic acids is 1. The molecule has 8 heteroatoms. The summed E-state index contributed by atoms with van der Waals surface area (Å²) in [5.74, 6) is -1.75.